The maximum Gasteiger partial charge on any atom is 0.255 e. The van der Waals surface area contributed by atoms with Crippen LogP contribution >= 0.6 is 11.6 Å². The lowest BCUT2D eigenvalue weighted by molar-refractivity contribution is -0.134. The molecule has 2 heterocycles. The van der Waals surface area contributed by atoms with Crippen molar-refractivity contribution < 1.29 is 14.0 Å². The first-order valence-corrected chi connectivity index (χ1v) is 12.2. The van der Waals surface area contributed by atoms with Crippen LogP contribution in [-0.2, 0) is 17.8 Å². The van der Waals surface area contributed by atoms with Crippen LogP contribution < -0.4 is 5.32 Å². The Hall–Kier alpha value is -3.22. The lowest BCUT2D eigenvalue weighted by Crippen LogP contribution is -2.59. The van der Waals surface area contributed by atoms with Gasteiger partial charge in [-0.25, -0.2) is 4.39 Å². The summed E-state index contributed by atoms with van der Waals surface area (Å²) >= 11 is 6.26. The molecule has 0 aliphatic carbocycles. The molecule has 1 spiro atoms. The van der Waals surface area contributed by atoms with Crippen LogP contribution in [0.25, 0.3) is 0 Å². The minimum absolute atomic E-state index is 0.0315. The Morgan fingerprint density at radius 2 is 1.60 bits per heavy atom. The summed E-state index contributed by atoms with van der Waals surface area (Å²) in [5.74, 6) is -0.368. The summed E-state index contributed by atoms with van der Waals surface area (Å²) in [6, 6.07) is 22.9. The maximum atomic E-state index is 13.6. The van der Waals surface area contributed by atoms with Gasteiger partial charge in [-0.3, -0.25) is 14.9 Å². The summed E-state index contributed by atoms with van der Waals surface area (Å²) in [7, 11) is 0. The fourth-order valence-corrected chi connectivity index (χ4v) is 5.37. The van der Waals surface area contributed by atoms with Crippen molar-refractivity contribution in [3.8, 4) is 0 Å². The van der Waals surface area contributed by atoms with E-state index < -0.39 is 5.66 Å². The van der Waals surface area contributed by atoms with E-state index in [1.807, 2.05) is 35.2 Å². The summed E-state index contributed by atoms with van der Waals surface area (Å²) in [5.41, 5.74) is 1.88. The molecular formula is C28H27ClFN3O2. The molecular weight excluding hydrogens is 465 g/mol. The Morgan fingerprint density at radius 1 is 0.943 bits per heavy atom. The second kappa shape index (κ2) is 9.80. The van der Waals surface area contributed by atoms with Gasteiger partial charge in [-0.2, -0.15) is 0 Å². The number of hydrogen-bond acceptors (Lipinski definition) is 3. The number of benzene rings is 3. The fraction of sp³-hybridized carbons (Fsp3) is 0.286. The number of nitrogens with one attached hydrogen (secondary N) is 1. The summed E-state index contributed by atoms with van der Waals surface area (Å²) in [6.07, 6.45) is 1.78. The highest BCUT2D eigenvalue weighted by Gasteiger charge is 2.51. The van der Waals surface area contributed by atoms with E-state index in [1.165, 1.54) is 12.1 Å². The average Bonchev–Trinajstić information content (AvgIpc) is 3.11. The number of carbonyl (C=O) groups is 2. The second-order valence-electron chi connectivity index (χ2n) is 9.24. The van der Waals surface area contributed by atoms with E-state index in [-0.39, 0.29) is 23.7 Å². The molecule has 1 N–H and O–H groups in total. The number of halogens is 2. The molecule has 1 atom stereocenters. The van der Waals surface area contributed by atoms with Gasteiger partial charge in [0.2, 0.25) is 5.91 Å². The first kappa shape index (κ1) is 23.5. The van der Waals surface area contributed by atoms with E-state index in [9.17, 15) is 14.0 Å². The highest BCUT2D eigenvalue weighted by Crippen LogP contribution is 2.35. The van der Waals surface area contributed by atoms with Crippen molar-refractivity contribution in [3.05, 3.63) is 106 Å². The maximum absolute atomic E-state index is 13.6. The van der Waals surface area contributed by atoms with Crippen LogP contribution in [0.3, 0.4) is 0 Å². The Bertz CT molecular complexity index is 1210. The van der Waals surface area contributed by atoms with Gasteiger partial charge in [0.15, 0.2) is 0 Å². The van der Waals surface area contributed by atoms with E-state index in [1.54, 1.807) is 41.3 Å². The monoisotopic (exact) mass is 491 g/mol. The summed E-state index contributed by atoms with van der Waals surface area (Å²) in [6.45, 7) is 1.39. The third-order valence-corrected chi connectivity index (χ3v) is 7.37. The molecule has 1 unspecified atom stereocenters. The first-order chi connectivity index (χ1) is 16.9. The Morgan fingerprint density at radius 3 is 2.29 bits per heavy atom. The van der Waals surface area contributed by atoms with Gasteiger partial charge in [-0.1, -0.05) is 66.2 Å². The molecule has 2 fully saturated rings. The van der Waals surface area contributed by atoms with Crippen molar-refractivity contribution >= 4 is 23.4 Å². The molecule has 0 radical (unpaired) electrons. The summed E-state index contributed by atoms with van der Waals surface area (Å²) in [4.78, 5) is 30.4. The van der Waals surface area contributed by atoms with Gasteiger partial charge in [-0.15, -0.1) is 0 Å². The number of rotatable bonds is 5. The van der Waals surface area contributed by atoms with Crippen LogP contribution in [0.5, 0.6) is 0 Å². The van der Waals surface area contributed by atoms with Gasteiger partial charge < -0.3 is 9.80 Å². The third kappa shape index (κ3) is 4.81. The molecule has 0 bridgehead atoms. The molecule has 0 saturated carbocycles. The van der Waals surface area contributed by atoms with Crippen molar-refractivity contribution in [1.29, 1.82) is 0 Å². The first-order valence-electron chi connectivity index (χ1n) is 11.9. The zero-order valence-corrected chi connectivity index (χ0v) is 20.0. The fourth-order valence-electron chi connectivity index (χ4n) is 5.15. The standard InChI is InChI=1S/C28H27ClFN3O2/c29-24-9-5-4-8-23(24)26(34)32-16-14-28(15-17-32)31-25(18-20-6-2-1-3-7-20)27(35)33(28)19-21-10-12-22(30)13-11-21/h1-13,25,31H,14-19H2. The van der Waals surface area contributed by atoms with Crippen molar-refractivity contribution in [2.75, 3.05) is 13.1 Å². The highest BCUT2D eigenvalue weighted by molar-refractivity contribution is 6.33. The lowest BCUT2D eigenvalue weighted by Gasteiger charge is -2.44. The van der Waals surface area contributed by atoms with Gasteiger partial charge in [0.05, 0.1) is 22.3 Å². The molecule has 7 heteroatoms. The zero-order valence-electron chi connectivity index (χ0n) is 19.3. The van der Waals surface area contributed by atoms with Gasteiger partial charge in [-0.05, 0) is 41.8 Å². The van der Waals surface area contributed by atoms with Gasteiger partial charge in [0.25, 0.3) is 5.91 Å². The van der Waals surface area contributed by atoms with Crippen LogP contribution in [0.2, 0.25) is 5.02 Å². The molecule has 2 aliphatic heterocycles. The Balaban J connectivity index is 1.37. The summed E-state index contributed by atoms with van der Waals surface area (Å²) in [5, 5.41) is 4.07. The number of piperidine rings is 1. The quantitative estimate of drug-likeness (QED) is 0.565. The summed E-state index contributed by atoms with van der Waals surface area (Å²) < 4.78 is 13.5. The molecule has 5 rings (SSSR count). The molecule has 180 valence electrons. The molecule has 3 aromatic carbocycles. The van der Waals surface area contributed by atoms with Gasteiger partial charge in [0.1, 0.15) is 5.82 Å². The molecule has 35 heavy (non-hydrogen) atoms. The predicted molar refractivity (Wildman–Crippen MR) is 133 cm³/mol. The van der Waals surface area contributed by atoms with Crippen molar-refractivity contribution in [3.63, 3.8) is 0 Å². The molecule has 2 saturated heterocycles. The number of amides is 2. The molecule has 2 aliphatic rings. The Kier molecular flexibility index (Phi) is 6.58. The van der Waals surface area contributed by atoms with Crippen molar-refractivity contribution in [1.82, 2.24) is 15.1 Å². The topological polar surface area (TPSA) is 52.7 Å². The second-order valence-corrected chi connectivity index (χ2v) is 9.65. The van der Waals surface area contributed by atoms with E-state index in [0.29, 0.717) is 49.5 Å². The lowest BCUT2D eigenvalue weighted by atomic mass is 9.94. The van der Waals surface area contributed by atoms with E-state index in [4.69, 9.17) is 11.6 Å². The minimum Gasteiger partial charge on any atom is -0.338 e. The smallest absolute Gasteiger partial charge is 0.255 e. The molecule has 3 aromatic rings. The van der Waals surface area contributed by atoms with Crippen LogP contribution in [0.15, 0.2) is 78.9 Å². The van der Waals surface area contributed by atoms with E-state index in [0.717, 1.165) is 11.1 Å². The number of likely N-dealkylation sites (tertiary alicyclic amines) is 1. The van der Waals surface area contributed by atoms with Crippen LogP contribution in [0.1, 0.15) is 34.3 Å². The number of carbonyl (C=O) groups excluding carboxylic acids is 2. The Labute approximate surface area is 209 Å². The van der Waals surface area contributed by atoms with Crippen molar-refractivity contribution in [2.45, 2.75) is 37.5 Å². The normalized spacial score (nSPS) is 19.4. The number of nitrogens with zero attached hydrogens (tertiary/aromatic N) is 2. The minimum atomic E-state index is -0.567. The third-order valence-electron chi connectivity index (χ3n) is 7.04. The highest BCUT2D eigenvalue weighted by atomic mass is 35.5. The largest absolute Gasteiger partial charge is 0.338 e. The van der Waals surface area contributed by atoms with Gasteiger partial charge in [0, 0.05) is 32.5 Å². The van der Waals surface area contributed by atoms with E-state index in [2.05, 4.69) is 5.32 Å². The predicted octanol–water partition coefficient (Wildman–Crippen LogP) is 4.65. The van der Waals surface area contributed by atoms with Gasteiger partial charge >= 0.3 is 0 Å². The molecule has 0 aromatic heterocycles. The van der Waals surface area contributed by atoms with Crippen LogP contribution in [0.4, 0.5) is 4.39 Å². The van der Waals surface area contributed by atoms with Crippen LogP contribution in [-0.4, -0.2) is 46.4 Å². The average molecular weight is 492 g/mol. The zero-order chi connectivity index (χ0) is 24.4. The van der Waals surface area contributed by atoms with Crippen LogP contribution in [0, 0.1) is 5.82 Å². The molecule has 2 amide bonds. The van der Waals surface area contributed by atoms with E-state index >= 15 is 0 Å². The molecule has 5 nitrogen and oxygen atoms in total. The SMILES string of the molecule is O=C(c1ccccc1Cl)N1CCC2(CC1)NC(Cc1ccccc1)C(=O)N2Cc1ccc(F)cc1. The van der Waals surface area contributed by atoms with Crippen molar-refractivity contribution in [2.24, 2.45) is 0 Å². The number of hydrogen-bond donors (Lipinski definition) is 1.